The van der Waals surface area contributed by atoms with Gasteiger partial charge in [-0.3, -0.25) is 4.79 Å². The number of nitrogens with zero attached hydrogens (tertiary/aromatic N) is 2. The molecule has 3 aromatic rings. The number of primary amides is 1. The Bertz CT molecular complexity index is 1010. The fraction of sp³-hybridized carbons (Fsp3) is 0.150. The number of carbonyl (C=O) groups excluding carboxylic acids is 2. The van der Waals surface area contributed by atoms with Gasteiger partial charge in [0.2, 0.25) is 0 Å². The van der Waals surface area contributed by atoms with Gasteiger partial charge in [-0.05, 0) is 56.3 Å². The smallest absolute Gasteiger partial charge is 0.316 e. The first-order chi connectivity index (χ1) is 13.3. The summed E-state index contributed by atoms with van der Waals surface area (Å²) < 4.78 is 14.8. The maximum atomic E-state index is 13.1. The second-order valence-electron chi connectivity index (χ2n) is 6.34. The molecule has 0 spiro atoms. The van der Waals surface area contributed by atoms with E-state index in [-0.39, 0.29) is 17.8 Å². The predicted molar refractivity (Wildman–Crippen MR) is 104 cm³/mol. The number of carbonyl (C=O) groups is 2. The third-order valence-corrected chi connectivity index (χ3v) is 4.33. The Morgan fingerprint density at radius 2 is 1.89 bits per heavy atom. The standard InChI is InChI=1S/C20H20FN5O2/c1-12(24-19(27)14-4-3-5-16(10-14)25-20(22)28)18-11-23-26(13(18)2)17-8-6-15(21)7-9-17/h3-12H,1-2H3,(H,24,27)(H3,22,25,28)/t12-/m1/s1. The maximum Gasteiger partial charge on any atom is 0.316 e. The number of hydrogen-bond donors (Lipinski definition) is 3. The molecule has 4 N–H and O–H groups in total. The van der Waals surface area contributed by atoms with Crippen LogP contribution in [-0.4, -0.2) is 21.7 Å². The number of halogens is 1. The molecule has 3 rings (SSSR count). The van der Waals surface area contributed by atoms with Crippen molar-refractivity contribution in [2.24, 2.45) is 5.73 Å². The summed E-state index contributed by atoms with van der Waals surface area (Å²) in [4.78, 5) is 23.5. The summed E-state index contributed by atoms with van der Waals surface area (Å²) in [7, 11) is 0. The van der Waals surface area contributed by atoms with Crippen LogP contribution in [0.2, 0.25) is 0 Å². The molecular weight excluding hydrogens is 361 g/mol. The molecule has 0 saturated carbocycles. The molecule has 3 amide bonds. The van der Waals surface area contributed by atoms with Crippen LogP contribution in [0.15, 0.2) is 54.7 Å². The maximum absolute atomic E-state index is 13.1. The molecule has 0 fully saturated rings. The number of urea groups is 1. The van der Waals surface area contributed by atoms with Crippen LogP contribution in [0, 0.1) is 12.7 Å². The molecule has 28 heavy (non-hydrogen) atoms. The third kappa shape index (κ3) is 4.17. The lowest BCUT2D eigenvalue weighted by molar-refractivity contribution is 0.0940. The van der Waals surface area contributed by atoms with Crippen molar-refractivity contribution in [3.8, 4) is 5.69 Å². The van der Waals surface area contributed by atoms with Crippen molar-refractivity contribution in [1.82, 2.24) is 15.1 Å². The monoisotopic (exact) mass is 381 g/mol. The summed E-state index contributed by atoms with van der Waals surface area (Å²) >= 11 is 0. The molecule has 0 aliphatic carbocycles. The topological polar surface area (TPSA) is 102 Å². The average molecular weight is 381 g/mol. The second kappa shape index (κ2) is 7.91. The Kier molecular flexibility index (Phi) is 5.39. The van der Waals surface area contributed by atoms with Crippen LogP contribution in [0.5, 0.6) is 0 Å². The van der Waals surface area contributed by atoms with Crippen LogP contribution < -0.4 is 16.4 Å². The lowest BCUT2D eigenvalue weighted by Crippen LogP contribution is -2.27. The molecule has 0 saturated heterocycles. The first-order valence-electron chi connectivity index (χ1n) is 8.63. The predicted octanol–water partition coefficient (Wildman–Crippen LogP) is 3.30. The summed E-state index contributed by atoms with van der Waals surface area (Å²) in [6.45, 7) is 3.73. The van der Waals surface area contributed by atoms with Crippen LogP contribution in [0.25, 0.3) is 5.69 Å². The minimum atomic E-state index is -0.699. The van der Waals surface area contributed by atoms with Gasteiger partial charge in [0.25, 0.3) is 5.91 Å². The SMILES string of the molecule is Cc1c([C@@H](C)NC(=O)c2cccc(NC(N)=O)c2)cnn1-c1ccc(F)cc1. The highest BCUT2D eigenvalue weighted by Gasteiger charge is 2.17. The molecule has 7 nitrogen and oxygen atoms in total. The average Bonchev–Trinajstić information content (AvgIpc) is 3.03. The summed E-state index contributed by atoms with van der Waals surface area (Å²) in [5.41, 5.74) is 8.33. The summed E-state index contributed by atoms with van der Waals surface area (Å²) in [6, 6.07) is 11.5. The van der Waals surface area contributed by atoms with E-state index in [1.165, 1.54) is 12.1 Å². The normalized spacial score (nSPS) is 11.7. The number of amides is 3. The van der Waals surface area contributed by atoms with Gasteiger partial charge in [-0.25, -0.2) is 13.9 Å². The highest BCUT2D eigenvalue weighted by atomic mass is 19.1. The lowest BCUT2D eigenvalue weighted by atomic mass is 10.1. The van der Waals surface area contributed by atoms with Crippen LogP contribution in [0.4, 0.5) is 14.9 Å². The molecule has 0 radical (unpaired) electrons. The van der Waals surface area contributed by atoms with E-state index in [9.17, 15) is 14.0 Å². The first-order valence-corrected chi connectivity index (χ1v) is 8.63. The number of hydrogen-bond acceptors (Lipinski definition) is 3. The number of rotatable bonds is 5. The van der Waals surface area contributed by atoms with Crippen molar-refractivity contribution < 1.29 is 14.0 Å². The van der Waals surface area contributed by atoms with Gasteiger partial charge in [-0.1, -0.05) is 6.07 Å². The van der Waals surface area contributed by atoms with E-state index in [1.54, 1.807) is 47.3 Å². The van der Waals surface area contributed by atoms with Gasteiger partial charge < -0.3 is 16.4 Å². The van der Waals surface area contributed by atoms with E-state index >= 15 is 0 Å². The van der Waals surface area contributed by atoms with Gasteiger partial charge in [0.05, 0.1) is 17.9 Å². The molecular formula is C20H20FN5O2. The molecule has 1 aromatic heterocycles. The van der Waals surface area contributed by atoms with Crippen LogP contribution in [0.1, 0.15) is 34.6 Å². The molecule has 144 valence electrons. The number of anilines is 1. The quantitative estimate of drug-likeness (QED) is 0.632. The minimum Gasteiger partial charge on any atom is -0.351 e. The van der Waals surface area contributed by atoms with E-state index in [4.69, 9.17) is 5.73 Å². The van der Waals surface area contributed by atoms with Gasteiger partial charge in [0, 0.05) is 22.5 Å². The number of nitrogens with one attached hydrogen (secondary N) is 2. The second-order valence-corrected chi connectivity index (χ2v) is 6.34. The van der Waals surface area contributed by atoms with E-state index in [2.05, 4.69) is 15.7 Å². The van der Waals surface area contributed by atoms with Crippen LogP contribution in [0.3, 0.4) is 0 Å². The molecule has 0 aliphatic rings. The summed E-state index contributed by atoms with van der Waals surface area (Å²) in [5, 5.41) is 9.70. The number of benzene rings is 2. The third-order valence-electron chi connectivity index (χ3n) is 4.33. The highest BCUT2D eigenvalue weighted by molar-refractivity contribution is 5.96. The molecule has 0 unspecified atom stereocenters. The van der Waals surface area contributed by atoms with Crippen molar-refractivity contribution in [2.75, 3.05) is 5.32 Å². The number of aromatic nitrogens is 2. The van der Waals surface area contributed by atoms with Crippen molar-refractivity contribution >= 4 is 17.6 Å². The Balaban J connectivity index is 1.76. The van der Waals surface area contributed by atoms with Gasteiger partial charge in [-0.2, -0.15) is 5.10 Å². The summed E-state index contributed by atoms with van der Waals surface area (Å²) in [5.74, 6) is -0.614. The first kappa shape index (κ1) is 19.1. The largest absolute Gasteiger partial charge is 0.351 e. The molecule has 8 heteroatoms. The van der Waals surface area contributed by atoms with E-state index < -0.39 is 6.03 Å². The van der Waals surface area contributed by atoms with E-state index in [0.717, 1.165) is 16.9 Å². The molecule has 2 aromatic carbocycles. The number of nitrogens with two attached hydrogens (primary N) is 1. The van der Waals surface area contributed by atoms with Crippen LogP contribution in [-0.2, 0) is 0 Å². The Morgan fingerprint density at radius 3 is 2.57 bits per heavy atom. The highest BCUT2D eigenvalue weighted by Crippen LogP contribution is 2.21. The zero-order chi connectivity index (χ0) is 20.3. The van der Waals surface area contributed by atoms with Gasteiger partial charge in [-0.15, -0.1) is 0 Å². The fourth-order valence-corrected chi connectivity index (χ4v) is 2.93. The fourth-order valence-electron chi connectivity index (χ4n) is 2.93. The Labute approximate surface area is 161 Å². The Morgan fingerprint density at radius 1 is 1.18 bits per heavy atom. The Hall–Kier alpha value is -3.68. The molecule has 1 heterocycles. The lowest BCUT2D eigenvalue weighted by Gasteiger charge is -2.15. The van der Waals surface area contributed by atoms with Crippen molar-refractivity contribution in [1.29, 1.82) is 0 Å². The van der Waals surface area contributed by atoms with Crippen molar-refractivity contribution in [2.45, 2.75) is 19.9 Å². The van der Waals surface area contributed by atoms with Crippen LogP contribution >= 0.6 is 0 Å². The van der Waals surface area contributed by atoms with Gasteiger partial charge in [0.1, 0.15) is 5.82 Å². The van der Waals surface area contributed by atoms with Crippen molar-refractivity contribution in [3.05, 3.63) is 77.4 Å². The minimum absolute atomic E-state index is 0.297. The zero-order valence-corrected chi connectivity index (χ0v) is 15.4. The van der Waals surface area contributed by atoms with E-state index in [1.807, 2.05) is 13.8 Å². The molecule has 0 bridgehead atoms. The molecule has 1 atom stereocenters. The van der Waals surface area contributed by atoms with Crippen molar-refractivity contribution in [3.63, 3.8) is 0 Å². The van der Waals surface area contributed by atoms with E-state index in [0.29, 0.717) is 11.3 Å². The molecule has 0 aliphatic heterocycles. The van der Waals surface area contributed by atoms with Gasteiger partial charge >= 0.3 is 6.03 Å². The van der Waals surface area contributed by atoms with Gasteiger partial charge in [0.15, 0.2) is 0 Å². The zero-order valence-electron chi connectivity index (χ0n) is 15.4. The summed E-state index contributed by atoms with van der Waals surface area (Å²) in [6.07, 6.45) is 1.68.